The van der Waals surface area contributed by atoms with Crippen molar-refractivity contribution in [2.75, 3.05) is 5.32 Å². The molecule has 0 spiro atoms. The number of carbonyl (C=O) groups excluding carboxylic acids is 1. The van der Waals surface area contributed by atoms with Gasteiger partial charge in [0.25, 0.3) is 5.91 Å². The smallest absolute Gasteiger partial charge is 0.307 e. The summed E-state index contributed by atoms with van der Waals surface area (Å²) in [5.41, 5.74) is 2.39. The first-order chi connectivity index (χ1) is 11.0. The zero-order chi connectivity index (χ0) is 16.8. The maximum absolute atomic E-state index is 12.5. The minimum Gasteiger partial charge on any atom is -0.481 e. The van der Waals surface area contributed by atoms with Crippen molar-refractivity contribution < 1.29 is 14.7 Å². The molecule has 0 atom stereocenters. The summed E-state index contributed by atoms with van der Waals surface area (Å²) in [4.78, 5) is 25.4. The fourth-order valence-corrected chi connectivity index (χ4v) is 3.71. The zero-order valence-corrected chi connectivity index (χ0v) is 14.2. The molecule has 0 aliphatic carbocycles. The topological polar surface area (TPSA) is 66.4 Å². The molecule has 0 radical (unpaired) electrons. The molecule has 0 saturated heterocycles. The first kappa shape index (κ1) is 17.2. The number of anilines is 1. The van der Waals surface area contributed by atoms with E-state index in [1.807, 2.05) is 6.07 Å². The minimum atomic E-state index is -0.915. The van der Waals surface area contributed by atoms with Crippen LogP contribution in [0.15, 0.2) is 30.3 Å². The Balaban J connectivity index is 2.21. The predicted molar refractivity (Wildman–Crippen MR) is 93.4 cm³/mol. The highest BCUT2D eigenvalue weighted by Crippen LogP contribution is 2.26. The average molecular weight is 331 g/mol. The van der Waals surface area contributed by atoms with Gasteiger partial charge in [0.1, 0.15) is 0 Å². The number of rotatable bonds is 7. The molecule has 122 valence electrons. The van der Waals surface area contributed by atoms with E-state index in [9.17, 15) is 9.59 Å². The Morgan fingerprint density at radius 1 is 1.17 bits per heavy atom. The first-order valence-corrected chi connectivity index (χ1v) is 8.59. The summed E-state index contributed by atoms with van der Waals surface area (Å²) < 4.78 is 0. The van der Waals surface area contributed by atoms with E-state index in [0.717, 1.165) is 19.3 Å². The number of nitrogens with one attached hydrogen (secondary N) is 1. The van der Waals surface area contributed by atoms with E-state index in [0.29, 0.717) is 16.1 Å². The van der Waals surface area contributed by atoms with E-state index < -0.39 is 5.97 Å². The molecule has 0 fully saturated rings. The molecule has 0 unspecified atom stereocenters. The maximum Gasteiger partial charge on any atom is 0.307 e. The van der Waals surface area contributed by atoms with Gasteiger partial charge in [0.2, 0.25) is 0 Å². The molecule has 1 amide bonds. The Morgan fingerprint density at radius 3 is 2.57 bits per heavy atom. The van der Waals surface area contributed by atoms with Gasteiger partial charge in [-0.05, 0) is 36.1 Å². The van der Waals surface area contributed by atoms with Crippen molar-refractivity contribution in [3.63, 3.8) is 0 Å². The van der Waals surface area contributed by atoms with E-state index in [1.54, 1.807) is 24.3 Å². The van der Waals surface area contributed by atoms with E-state index >= 15 is 0 Å². The van der Waals surface area contributed by atoms with Crippen molar-refractivity contribution in [3.8, 4) is 0 Å². The van der Waals surface area contributed by atoms with Crippen LogP contribution < -0.4 is 5.32 Å². The van der Waals surface area contributed by atoms with Crippen molar-refractivity contribution in [2.24, 2.45) is 0 Å². The molecule has 2 N–H and O–H groups in total. The summed E-state index contributed by atoms with van der Waals surface area (Å²) in [7, 11) is 0. The van der Waals surface area contributed by atoms with Crippen molar-refractivity contribution in [2.45, 2.75) is 39.5 Å². The van der Waals surface area contributed by atoms with Crippen LogP contribution in [0, 0.1) is 0 Å². The highest BCUT2D eigenvalue weighted by atomic mass is 32.1. The third kappa shape index (κ3) is 4.42. The van der Waals surface area contributed by atoms with E-state index in [1.165, 1.54) is 21.8 Å². The standard InChI is InChI=1S/C18H21NO3S/c1-3-7-15-12(4-2)10-16(23-15)18(22)19-14-9-6-5-8-13(14)11-17(20)21/h5-6,8-10H,3-4,7,11H2,1-2H3,(H,19,22)(H,20,21). The summed E-state index contributed by atoms with van der Waals surface area (Å²) in [5.74, 6) is -1.09. The second-order valence-electron chi connectivity index (χ2n) is 5.34. The lowest BCUT2D eigenvalue weighted by molar-refractivity contribution is -0.136. The minimum absolute atomic E-state index is 0.109. The molecular weight excluding hydrogens is 310 g/mol. The second-order valence-corrected chi connectivity index (χ2v) is 6.48. The lowest BCUT2D eigenvalue weighted by Gasteiger charge is -2.08. The quantitative estimate of drug-likeness (QED) is 0.801. The largest absolute Gasteiger partial charge is 0.481 e. The van der Waals surface area contributed by atoms with Gasteiger partial charge >= 0.3 is 5.97 Å². The molecular formula is C18H21NO3S. The fraction of sp³-hybridized carbons (Fsp3) is 0.333. The van der Waals surface area contributed by atoms with Gasteiger partial charge in [0.15, 0.2) is 0 Å². The van der Waals surface area contributed by atoms with Crippen LogP contribution in [-0.2, 0) is 24.1 Å². The number of aryl methyl sites for hydroxylation is 2. The summed E-state index contributed by atoms with van der Waals surface area (Å²) in [6.45, 7) is 4.21. The van der Waals surface area contributed by atoms with Gasteiger partial charge in [-0.1, -0.05) is 38.5 Å². The van der Waals surface area contributed by atoms with Crippen LogP contribution in [0.1, 0.15) is 45.9 Å². The van der Waals surface area contributed by atoms with Crippen molar-refractivity contribution in [1.82, 2.24) is 0 Å². The number of carbonyl (C=O) groups is 2. The monoisotopic (exact) mass is 331 g/mol. The van der Waals surface area contributed by atoms with Gasteiger partial charge < -0.3 is 10.4 Å². The Kier molecular flexibility index (Phi) is 5.93. The van der Waals surface area contributed by atoms with Crippen LogP contribution in [0.5, 0.6) is 0 Å². The Morgan fingerprint density at radius 2 is 1.91 bits per heavy atom. The van der Waals surface area contributed by atoms with Crippen LogP contribution in [0.25, 0.3) is 0 Å². The molecule has 1 aromatic heterocycles. The van der Waals surface area contributed by atoms with Crippen LogP contribution in [0.4, 0.5) is 5.69 Å². The molecule has 1 aromatic carbocycles. The Bertz CT molecular complexity index is 706. The molecule has 0 aliphatic rings. The van der Waals surface area contributed by atoms with Gasteiger partial charge in [-0.3, -0.25) is 9.59 Å². The highest BCUT2D eigenvalue weighted by Gasteiger charge is 2.15. The molecule has 0 bridgehead atoms. The number of carboxylic acid groups (broad SMARTS) is 1. The molecule has 0 saturated carbocycles. The lowest BCUT2D eigenvalue weighted by atomic mass is 10.1. The first-order valence-electron chi connectivity index (χ1n) is 7.77. The number of hydrogen-bond donors (Lipinski definition) is 2. The zero-order valence-electron chi connectivity index (χ0n) is 13.4. The summed E-state index contributed by atoms with van der Waals surface area (Å²) >= 11 is 1.53. The summed E-state index contributed by atoms with van der Waals surface area (Å²) in [6, 6.07) is 8.96. The Hall–Kier alpha value is -2.14. The molecule has 5 heteroatoms. The van der Waals surface area contributed by atoms with Crippen molar-refractivity contribution in [3.05, 3.63) is 51.2 Å². The normalized spacial score (nSPS) is 10.5. The number of hydrogen-bond acceptors (Lipinski definition) is 3. The molecule has 4 nitrogen and oxygen atoms in total. The van der Waals surface area contributed by atoms with E-state index in [2.05, 4.69) is 19.2 Å². The lowest BCUT2D eigenvalue weighted by Crippen LogP contribution is -2.13. The SMILES string of the molecule is CCCc1sc(C(=O)Nc2ccccc2CC(=O)O)cc1CC. The number of amides is 1. The number of benzene rings is 1. The number of para-hydroxylation sites is 1. The third-order valence-corrected chi connectivity index (χ3v) is 4.82. The third-order valence-electron chi connectivity index (χ3n) is 3.59. The van der Waals surface area contributed by atoms with E-state index in [-0.39, 0.29) is 12.3 Å². The van der Waals surface area contributed by atoms with Crippen molar-refractivity contribution in [1.29, 1.82) is 0 Å². The number of aliphatic carboxylic acids is 1. The highest BCUT2D eigenvalue weighted by molar-refractivity contribution is 7.14. The maximum atomic E-state index is 12.5. The average Bonchev–Trinajstić information content (AvgIpc) is 2.92. The van der Waals surface area contributed by atoms with Crippen LogP contribution in [0.3, 0.4) is 0 Å². The number of thiophene rings is 1. The Labute approximate surface area is 140 Å². The van der Waals surface area contributed by atoms with Crippen molar-refractivity contribution >= 4 is 28.9 Å². The van der Waals surface area contributed by atoms with Crippen LogP contribution in [0.2, 0.25) is 0 Å². The predicted octanol–water partition coefficient (Wildman–Crippen LogP) is 4.14. The molecule has 2 aromatic rings. The van der Waals surface area contributed by atoms with Gasteiger partial charge in [-0.15, -0.1) is 11.3 Å². The van der Waals surface area contributed by atoms with Gasteiger partial charge in [0.05, 0.1) is 11.3 Å². The summed E-state index contributed by atoms with van der Waals surface area (Å²) in [6.07, 6.45) is 2.84. The molecule has 1 heterocycles. The van der Waals surface area contributed by atoms with Gasteiger partial charge in [-0.2, -0.15) is 0 Å². The van der Waals surface area contributed by atoms with Gasteiger partial charge in [-0.25, -0.2) is 0 Å². The van der Waals surface area contributed by atoms with Crippen LogP contribution in [-0.4, -0.2) is 17.0 Å². The molecule has 23 heavy (non-hydrogen) atoms. The molecule has 0 aliphatic heterocycles. The second kappa shape index (κ2) is 7.92. The van der Waals surface area contributed by atoms with Crippen LogP contribution >= 0.6 is 11.3 Å². The summed E-state index contributed by atoms with van der Waals surface area (Å²) in [5, 5.41) is 11.8. The van der Waals surface area contributed by atoms with Gasteiger partial charge in [0, 0.05) is 10.6 Å². The fourth-order valence-electron chi connectivity index (χ4n) is 2.46. The van der Waals surface area contributed by atoms with E-state index in [4.69, 9.17) is 5.11 Å². The molecule has 2 rings (SSSR count). The number of carboxylic acids is 1.